The lowest BCUT2D eigenvalue weighted by molar-refractivity contribution is -0.0967. The van der Waals surface area contributed by atoms with Crippen molar-refractivity contribution in [3.63, 3.8) is 0 Å². The first-order valence-corrected chi connectivity index (χ1v) is 11.9. The van der Waals surface area contributed by atoms with Crippen molar-refractivity contribution < 1.29 is 4.39 Å². The summed E-state index contributed by atoms with van der Waals surface area (Å²) in [7, 11) is 0. The monoisotopic (exact) mass is 438 g/mol. The Bertz CT molecular complexity index is 993. The molecular weight excluding hydrogens is 411 g/mol. The minimum absolute atomic E-state index is 0.329. The number of hydrogen-bond acceptors (Lipinski definition) is 4. The van der Waals surface area contributed by atoms with Crippen LogP contribution < -0.4 is 5.32 Å². The molecule has 0 radical (unpaired) electrons. The number of halogens is 2. The van der Waals surface area contributed by atoms with E-state index >= 15 is 0 Å². The fraction of sp³-hybridized carbons (Fsp3) is 0.520. The predicted octanol–water partition coefficient (Wildman–Crippen LogP) is 5.27. The Labute approximate surface area is 187 Å². The van der Waals surface area contributed by atoms with Gasteiger partial charge in [0, 0.05) is 31.7 Å². The zero-order chi connectivity index (χ0) is 21.0. The van der Waals surface area contributed by atoms with E-state index < -0.39 is 0 Å². The first-order valence-electron chi connectivity index (χ1n) is 11.5. The van der Waals surface area contributed by atoms with E-state index in [0.29, 0.717) is 27.6 Å². The normalized spacial score (nSPS) is 28.6. The minimum Gasteiger partial charge on any atom is -0.368 e. The van der Waals surface area contributed by atoms with Gasteiger partial charge in [0.1, 0.15) is 11.6 Å². The molecule has 6 rings (SSSR count). The molecule has 3 unspecified atom stereocenters. The van der Waals surface area contributed by atoms with E-state index in [4.69, 9.17) is 11.6 Å². The van der Waals surface area contributed by atoms with Crippen LogP contribution in [-0.2, 0) is 0 Å². The molecule has 2 heterocycles. The molecule has 2 aromatic rings. The lowest BCUT2D eigenvalue weighted by Gasteiger charge is -2.60. The topological polar surface area (TPSA) is 41.0 Å². The highest BCUT2D eigenvalue weighted by Gasteiger charge is 2.52. The quantitative estimate of drug-likeness (QED) is 0.623. The second-order valence-corrected chi connectivity index (χ2v) is 10.7. The van der Waals surface area contributed by atoms with Gasteiger partial charge in [0.05, 0.1) is 10.7 Å². The van der Waals surface area contributed by atoms with Gasteiger partial charge >= 0.3 is 0 Å². The number of anilines is 1. The molecule has 6 heteroatoms. The molecule has 1 N–H and O–H groups in total. The molecule has 4 aliphatic rings. The highest BCUT2D eigenvalue weighted by atomic mass is 35.5. The average molecular weight is 439 g/mol. The maximum Gasteiger partial charge on any atom is 0.148 e. The number of benzene rings is 1. The molecule has 0 amide bonds. The van der Waals surface area contributed by atoms with E-state index in [1.54, 1.807) is 6.07 Å². The van der Waals surface area contributed by atoms with Crippen molar-refractivity contribution in [2.75, 3.05) is 31.5 Å². The van der Waals surface area contributed by atoms with Crippen LogP contribution in [0.1, 0.15) is 25.7 Å². The molecule has 2 bridgehead atoms. The van der Waals surface area contributed by atoms with Crippen molar-refractivity contribution in [1.29, 1.82) is 0 Å². The van der Waals surface area contributed by atoms with Crippen LogP contribution in [0.3, 0.4) is 0 Å². The number of hydrogen-bond donors (Lipinski definition) is 1. The molecule has 3 aliphatic carbocycles. The molecule has 2 saturated carbocycles. The first-order chi connectivity index (χ1) is 15.1. The van der Waals surface area contributed by atoms with Gasteiger partial charge in [-0.25, -0.2) is 4.39 Å². The molecule has 4 nitrogen and oxygen atoms in total. The Kier molecular flexibility index (Phi) is 4.80. The molecule has 162 valence electrons. The second kappa shape index (κ2) is 7.56. The number of aromatic nitrogens is 2. The summed E-state index contributed by atoms with van der Waals surface area (Å²) in [4.78, 5) is 2.70. The summed E-state index contributed by atoms with van der Waals surface area (Å²) in [6.45, 7) is 4.84. The first kappa shape index (κ1) is 19.7. The van der Waals surface area contributed by atoms with Gasteiger partial charge < -0.3 is 10.2 Å². The van der Waals surface area contributed by atoms with Crippen molar-refractivity contribution in [2.45, 2.75) is 25.7 Å². The van der Waals surface area contributed by atoms with Gasteiger partial charge in [0.2, 0.25) is 0 Å². The Balaban J connectivity index is 0.954. The van der Waals surface area contributed by atoms with Crippen molar-refractivity contribution in [3.8, 4) is 11.3 Å². The molecule has 1 aliphatic heterocycles. The second-order valence-electron chi connectivity index (χ2n) is 10.3. The number of fused-ring (bicyclic) bond motifs is 2. The molecule has 1 aromatic carbocycles. The lowest BCUT2D eigenvalue weighted by Crippen LogP contribution is -2.63. The van der Waals surface area contributed by atoms with Crippen LogP contribution in [0.5, 0.6) is 0 Å². The van der Waals surface area contributed by atoms with Gasteiger partial charge in [-0.1, -0.05) is 23.8 Å². The van der Waals surface area contributed by atoms with Crippen molar-refractivity contribution >= 4 is 17.4 Å². The lowest BCUT2D eigenvalue weighted by atomic mass is 9.57. The van der Waals surface area contributed by atoms with Crippen LogP contribution in [0.15, 0.2) is 42.5 Å². The smallest absolute Gasteiger partial charge is 0.148 e. The van der Waals surface area contributed by atoms with E-state index in [1.165, 1.54) is 57.5 Å². The minimum atomic E-state index is -0.329. The maximum atomic E-state index is 13.5. The van der Waals surface area contributed by atoms with Gasteiger partial charge in [-0.3, -0.25) is 0 Å². The largest absolute Gasteiger partial charge is 0.368 e. The van der Waals surface area contributed by atoms with Crippen molar-refractivity contribution in [1.82, 2.24) is 15.1 Å². The summed E-state index contributed by atoms with van der Waals surface area (Å²) < 4.78 is 13.5. The number of nitrogens with zero attached hydrogens (tertiary/aromatic N) is 3. The number of rotatable bonds is 6. The standard InChI is InChI=1S/C25H28ClFN4/c26-22-4-3-20(27)9-21(22)23-5-6-24(30-29-23)28-12-17-10-25(11-17)14-31(15-25)13-19-8-16-1-2-18(19)7-16/h1-6,9,16-19H,7-8,10-15H2,(H,28,30). The number of nitrogens with one attached hydrogen (secondary N) is 1. The molecule has 1 aromatic heterocycles. The van der Waals surface area contributed by atoms with Crippen LogP contribution >= 0.6 is 11.6 Å². The van der Waals surface area contributed by atoms with Gasteiger partial charge in [-0.2, -0.15) is 0 Å². The Morgan fingerprint density at radius 2 is 1.97 bits per heavy atom. The van der Waals surface area contributed by atoms with Crippen LogP contribution in [0, 0.1) is 34.9 Å². The van der Waals surface area contributed by atoms with E-state index in [9.17, 15) is 4.39 Å². The van der Waals surface area contributed by atoms with E-state index in [1.807, 2.05) is 12.1 Å². The van der Waals surface area contributed by atoms with E-state index in [-0.39, 0.29) is 5.82 Å². The summed E-state index contributed by atoms with van der Waals surface area (Å²) >= 11 is 6.16. The Morgan fingerprint density at radius 3 is 2.68 bits per heavy atom. The Morgan fingerprint density at radius 1 is 1.10 bits per heavy atom. The summed E-state index contributed by atoms with van der Waals surface area (Å²) in [5.41, 5.74) is 1.74. The van der Waals surface area contributed by atoms with Gasteiger partial charge in [0.25, 0.3) is 0 Å². The summed E-state index contributed by atoms with van der Waals surface area (Å²) in [6.07, 6.45) is 10.4. The maximum absolute atomic E-state index is 13.5. The van der Waals surface area contributed by atoms with Gasteiger partial charge in [0.15, 0.2) is 0 Å². The van der Waals surface area contributed by atoms with Crippen LogP contribution in [0.4, 0.5) is 10.2 Å². The molecule has 3 fully saturated rings. The molecule has 3 atom stereocenters. The highest BCUT2D eigenvalue weighted by molar-refractivity contribution is 6.33. The summed E-state index contributed by atoms with van der Waals surface area (Å²) in [5, 5.41) is 12.4. The molecular formula is C25H28ClFN4. The highest BCUT2D eigenvalue weighted by Crippen LogP contribution is 2.53. The molecule has 31 heavy (non-hydrogen) atoms. The third-order valence-corrected chi connectivity index (χ3v) is 8.24. The zero-order valence-corrected chi connectivity index (χ0v) is 18.4. The predicted molar refractivity (Wildman–Crippen MR) is 121 cm³/mol. The Hall–Kier alpha value is -1.98. The SMILES string of the molecule is Fc1ccc(Cl)c(-c2ccc(NCC3CC4(C3)CN(CC3CC5C=CC3C5)C4)nn2)c1. The number of allylic oxidation sites excluding steroid dienone is 2. The number of likely N-dealkylation sites (tertiary alicyclic amines) is 1. The fourth-order valence-electron chi connectivity index (χ4n) is 6.55. The van der Waals surface area contributed by atoms with Gasteiger partial charge in [-0.15, -0.1) is 10.2 Å². The zero-order valence-electron chi connectivity index (χ0n) is 17.6. The van der Waals surface area contributed by atoms with Crippen molar-refractivity contribution in [2.24, 2.45) is 29.1 Å². The summed E-state index contributed by atoms with van der Waals surface area (Å²) in [5.74, 6) is 3.80. The third-order valence-electron chi connectivity index (χ3n) is 7.91. The van der Waals surface area contributed by atoms with Crippen LogP contribution in [0.25, 0.3) is 11.3 Å². The third kappa shape index (κ3) is 3.76. The molecule has 1 saturated heterocycles. The summed E-state index contributed by atoms with van der Waals surface area (Å²) in [6, 6.07) is 8.02. The fourth-order valence-corrected chi connectivity index (χ4v) is 6.76. The van der Waals surface area contributed by atoms with E-state index in [0.717, 1.165) is 30.1 Å². The molecule has 1 spiro atoms. The van der Waals surface area contributed by atoms with Crippen LogP contribution in [-0.4, -0.2) is 41.3 Å². The average Bonchev–Trinajstić information content (AvgIpc) is 3.33. The van der Waals surface area contributed by atoms with Crippen molar-refractivity contribution in [3.05, 3.63) is 53.3 Å². The van der Waals surface area contributed by atoms with E-state index in [2.05, 4.69) is 32.6 Å². The van der Waals surface area contributed by atoms with Crippen LogP contribution in [0.2, 0.25) is 5.02 Å². The van der Waals surface area contributed by atoms with Gasteiger partial charge in [-0.05, 0) is 85.1 Å².